The normalized spacial score (nSPS) is 13.6. The molecule has 0 radical (unpaired) electrons. The molecule has 0 saturated heterocycles. The monoisotopic (exact) mass is 497 g/mol. The van der Waals surface area contributed by atoms with Gasteiger partial charge in [0, 0.05) is 18.2 Å². The summed E-state index contributed by atoms with van der Waals surface area (Å²) in [6.45, 7) is 1.86. The van der Waals surface area contributed by atoms with Gasteiger partial charge in [-0.2, -0.15) is 18.3 Å². The molecule has 0 atom stereocenters. The van der Waals surface area contributed by atoms with E-state index in [1.165, 1.54) is 24.3 Å². The van der Waals surface area contributed by atoms with Crippen molar-refractivity contribution in [2.75, 3.05) is 12.4 Å². The third kappa shape index (κ3) is 4.66. The van der Waals surface area contributed by atoms with E-state index >= 15 is 0 Å². The number of nitrogens with zero attached hydrogens (tertiary/aromatic N) is 6. The lowest BCUT2D eigenvalue weighted by atomic mass is 10.1. The number of anilines is 1. The van der Waals surface area contributed by atoms with Crippen LogP contribution in [0, 0.1) is 6.92 Å². The van der Waals surface area contributed by atoms with Crippen LogP contribution in [0.2, 0.25) is 0 Å². The molecule has 0 unspecified atom stereocenters. The van der Waals surface area contributed by atoms with Gasteiger partial charge in [-0.1, -0.05) is 12.1 Å². The molecule has 186 valence electrons. The number of alkyl halides is 3. The first kappa shape index (κ1) is 23.5. The minimum Gasteiger partial charge on any atom is -0.503 e. The molecule has 2 N–H and O–H groups in total. The third-order valence-corrected chi connectivity index (χ3v) is 5.81. The predicted octanol–water partition coefficient (Wildman–Crippen LogP) is 4.65. The highest BCUT2D eigenvalue weighted by Crippen LogP contribution is 2.45. The second-order valence-corrected chi connectivity index (χ2v) is 8.45. The lowest BCUT2D eigenvalue weighted by Crippen LogP contribution is -2.08. The molecule has 1 aromatic carbocycles. The molecule has 5 rings (SSSR count). The topological polar surface area (TPSA) is 111 Å². The Kier molecular flexibility index (Phi) is 5.94. The number of rotatable bonds is 7. The number of aromatic nitrogens is 6. The van der Waals surface area contributed by atoms with E-state index < -0.39 is 11.9 Å². The van der Waals surface area contributed by atoms with E-state index in [4.69, 9.17) is 4.74 Å². The summed E-state index contributed by atoms with van der Waals surface area (Å²) in [6, 6.07) is 7.88. The van der Waals surface area contributed by atoms with Crippen molar-refractivity contribution in [1.29, 1.82) is 0 Å². The molecule has 9 nitrogen and oxygen atoms in total. The summed E-state index contributed by atoms with van der Waals surface area (Å²) in [5.41, 5.74) is 2.17. The van der Waals surface area contributed by atoms with Crippen molar-refractivity contribution >= 4 is 5.82 Å². The fraction of sp³-hybridized carbons (Fsp3) is 0.292. The Hall–Kier alpha value is -4.22. The number of hydrogen-bond acceptors (Lipinski definition) is 8. The van der Waals surface area contributed by atoms with Crippen molar-refractivity contribution in [1.82, 2.24) is 29.7 Å². The van der Waals surface area contributed by atoms with Gasteiger partial charge >= 0.3 is 6.18 Å². The van der Waals surface area contributed by atoms with E-state index in [1.54, 1.807) is 31.2 Å². The Balaban J connectivity index is 1.35. The van der Waals surface area contributed by atoms with Crippen LogP contribution < -0.4 is 10.1 Å². The van der Waals surface area contributed by atoms with Crippen molar-refractivity contribution in [2.45, 2.75) is 38.4 Å². The maximum absolute atomic E-state index is 13.0. The van der Waals surface area contributed by atoms with Gasteiger partial charge in [0.05, 0.1) is 24.7 Å². The Morgan fingerprint density at radius 3 is 2.53 bits per heavy atom. The lowest BCUT2D eigenvalue weighted by molar-refractivity contribution is -0.141. The molecule has 0 aliphatic heterocycles. The molecule has 3 aromatic heterocycles. The summed E-state index contributed by atoms with van der Waals surface area (Å²) in [4.78, 5) is 17.3. The molecule has 1 fully saturated rings. The van der Waals surface area contributed by atoms with E-state index in [2.05, 4.69) is 30.4 Å². The van der Waals surface area contributed by atoms with Crippen LogP contribution in [0.4, 0.5) is 19.0 Å². The Morgan fingerprint density at radius 1 is 1.14 bits per heavy atom. The smallest absolute Gasteiger partial charge is 0.435 e. The molecular formula is C24H22F3N7O2. The fourth-order valence-corrected chi connectivity index (χ4v) is 3.85. The van der Waals surface area contributed by atoms with Crippen LogP contribution in [0.3, 0.4) is 0 Å². The van der Waals surface area contributed by atoms with E-state index in [0.717, 1.165) is 30.2 Å². The Labute approximate surface area is 204 Å². The minimum atomic E-state index is -4.51. The number of aromatic hydroxyl groups is 1. The van der Waals surface area contributed by atoms with Crippen LogP contribution in [0.15, 0.2) is 42.9 Å². The summed E-state index contributed by atoms with van der Waals surface area (Å²) in [7, 11) is 1.51. The van der Waals surface area contributed by atoms with Crippen molar-refractivity contribution in [3.05, 3.63) is 65.5 Å². The zero-order chi connectivity index (χ0) is 25.4. The van der Waals surface area contributed by atoms with Crippen LogP contribution in [0.5, 0.6) is 11.6 Å². The number of methoxy groups -OCH3 is 1. The van der Waals surface area contributed by atoms with Gasteiger partial charge in [-0.3, -0.25) is 0 Å². The molecule has 0 bridgehead atoms. The van der Waals surface area contributed by atoms with Crippen LogP contribution in [0.25, 0.3) is 17.1 Å². The third-order valence-electron chi connectivity index (χ3n) is 5.81. The fourth-order valence-electron chi connectivity index (χ4n) is 3.85. The molecule has 1 aliphatic carbocycles. The SMILES string of the molecule is COc1ncnc(C2CC2)c1-c1ncc(O)c(NCc2ccc(-n3nc(C(F)(F)F)cc3C)cc2)n1. The first-order chi connectivity index (χ1) is 17.2. The van der Waals surface area contributed by atoms with Gasteiger partial charge in [0.2, 0.25) is 5.88 Å². The molecule has 1 saturated carbocycles. The summed E-state index contributed by atoms with van der Waals surface area (Å²) < 4.78 is 45.6. The summed E-state index contributed by atoms with van der Waals surface area (Å²) in [5.74, 6) is 1.08. The lowest BCUT2D eigenvalue weighted by Gasteiger charge is -2.13. The largest absolute Gasteiger partial charge is 0.503 e. The second kappa shape index (κ2) is 9.10. The molecule has 36 heavy (non-hydrogen) atoms. The van der Waals surface area contributed by atoms with Crippen LogP contribution >= 0.6 is 0 Å². The number of benzene rings is 1. The highest BCUT2D eigenvalue weighted by Gasteiger charge is 2.34. The van der Waals surface area contributed by atoms with E-state index in [9.17, 15) is 18.3 Å². The Morgan fingerprint density at radius 2 is 1.89 bits per heavy atom. The second-order valence-electron chi connectivity index (χ2n) is 8.45. The van der Waals surface area contributed by atoms with E-state index in [-0.39, 0.29) is 11.6 Å². The van der Waals surface area contributed by atoms with Gasteiger partial charge in [-0.05, 0) is 43.5 Å². The van der Waals surface area contributed by atoms with Crippen LogP contribution in [0.1, 0.15) is 41.4 Å². The number of hydrogen-bond donors (Lipinski definition) is 2. The van der Waals surface area contributed by atoms with Crippen molar-refractivity contribution in [3.63, 3.8) is 0 Å². The quantitative estimate of drug-likeness (QED) is 0.380. The summed E-state index contributed by atoms with van der Waals surface area (Å²) in [5, 5.41) is 17.1. The van der Waals surface area contributed by atoms with Gasteiger partial charge in [-0.15, -0.1) is 0 Å². The molecule has 0 spiro atoms. The van der Waals surface area contributed by atoms with Crippen LogP contribution in [-0.4, -0.2) is 41.9 Å². The van der Waals surface area contributed by atoms with Gasteiger partial charge in [0.1, 0.15) is 11.9 Å². The first-order valence-corrected chi connectivity index (χ1v) is 11.2. The maximum Gasteiger partial charge on any atom is 0.435 e. The molecular weight excluding hydrogens is 475 g/mol. The van der Waals surface area contributed by atoms with E-state index in [0.29, 0.717) is 41.1 Å². The standard InChI is InChI=1S/C24H22F3N7O2/c1-13-9-18(24(25,26)27)33-34(13)16-7-3-14(4-8-16)10-28-21-17(35)11-29-22(32-21)19-20(15-5-6-15)30-12-31-23(19)36-2/h3-4,7-9,11-12,15,35H,5-6,10H2,1-2H3,(H,28,29,32). The van der Waals surface area contributed by atoms with Gasteiger partial charge in [0.15, 0.2) is 23.1 Å². The van der Waals surface area contributed by atoms with Gasteiger partial charge < -0.3 is 15.2 Å². The average molecular weight is 497 g/mol. The minimum absolute atomic E-state index is 0.133. The predicted molar refractivity (Wildman–Crippen MR) is 124 cm³/mol. The Bertz CT molecular complexity index is 1400. The zero-order valence-corrected chi connectivity index (χ0v) is 19.4. The average Bonchev–Trinajstić information content (AvgIpc) is 3.63. The van der Waals surface area contributed by atoms with Gasteiger partial charge in [0.25, 0.3) is 0 Å². The van der Waals surface area contributed by atoms with E-state index in [1.807, 2.05) is 0 Å². The highest BCUT2D eigenvalue weighted by atomic mass is 19.4. The highest BCUT2D eigenvalue weighted by molar-refractivity contribution is 5.68. The molecule has 12 heteroatoms. The molecule has 3 heterocycles. The number of aryl methyl sites for hydroxylation is 1. The molecule has 4 aromatic rings. The molecule has 1 aliphatic rings. The summed E-state index contributed by atoms with van der Waals surface area (Å²) >= 11 is 0. The number of halogens is 3. The first-order valence-electron chi connectivity index (χ1n) is 11.2. The van der Waals surface area contributed by atoms with Crippen molar-refractivity contribution in [3.8, 4) is 28.7 Å². The van der Waals surface area contributed by atoms with Crippen molar-refractivity contribution in [2.24, 2.45) is 0 Å². The van der Waals surface area contributed by atoms with Crippen LogP contribution in [-0.2, 0) is 12.7 Å². The van der Waals surface area contributed by atoms with Gasteiger partial charge in [-0.25, -0.2) is 24.6 Å². The summed E-state index contributed by atoms with van der Waals surface area (Å²) in [6.07, 6.45) is 0.279. The molecule has 0 amide bonds. The maximum atomic E-state index is 13.0. The number of nitrogens with one attached hydrogen (secondary N) is 1. The number of ether oxygens (including phenoxy) is 1. The zero-order valence-electron chi connectivity index (χ0n) is 19.4. The van der Waals surface area contributed by atoms with Crippen molar-refractivity contribution < 1.29 is 23.0 Å².